The van der Waals surface area contributed by atoms with E-state index in [0.717, 1.165) is 44.4 Å². The molecule has 0 saturated heterocycles. The van der Waals surface area contributed by atoms with Crippen LogP contribution in [0.15, 0.2) is 182 Å². The van der Waals surface area contributed by atoms with Crippen molar-refractivity contribution >= 4 is 63.8 Å². The van der Waals surface area contributed by atoms with Crippen molar-refractivity contribution in [2.24, 2.45) is 0 Å². The number of aromatic nitrogens is 4. The Labute approximate surface area is 331 Å². The zero-order valence-electron chi connectivity index (χ0n) is 29.9. The van der Waals surface area contributed by atoms with E-state index in [1.165, 1.54) is 46.3 Å². The number of rotatable bonds is 6. The molecule has 11 aromatic rings. The van der Waals surface area contributed by atoms with E-state index in [4.69, 9.17) is 19.9 Å². The number of pyridine rings is 1. The van der Waals surface area contributed by atoms with E-state index in [1.54, 1.807) is 0 Å². The largest absolute Gasteiger partial charge is 0.246 e. The maximum atomic E-state index is 5.34. The number of nitrogens with zero attached hydrogens (tertiary/aromatic N) is 4. The summed E-state index contributed by atoms with van der Waals surface area (Å²) in [5.74, 6) is 1.91. The fourth-order valence-electron chi connectivity index (χ4n) is 7.74. The molecule has 0 unspecified atom stereocenters. The molecule has 0 atom stereocenters. The molecule has 0 fully saturated rings. The van der Waals surface area contributed by atoms with Gasteiger partial charge < -0.3 is 0 Å². The number of hydrogen-bond acceptors (Lipinski definition) is 6. The first kappa shape index (κ1) is 32.6. The predicted molar refractivity (Wildman–Crippen MR) is 236 cm³/mol. The van der Waals surface area contributed by atoms with Crippen molar-refractivity contribution in [1.29, 1.82) is 0 Å². The molecule has 6 heteroatoms. The smallest absolute Gasteiger partial charge is 0.164 e. The molecule has 0 amide bonds. The summed E-state index contributed by atoms with van der Waals surface area (Å²) in [7, 11) is 0. The van der Waals surface area contributed by atoms with Gasteiger partial charge in [0.05, 0.1) is 15.9 Å². The van der Waals surface area contributed by atoms with Gasteiger partial charge >= 0.3 is 0 Å². The Morgan fingerprint density at radius 2 is 0.893 bits per heavy atom. The zero-order valence-corrected chi connectivity index (χ0v) is 31.6. The Morgan fingerprint density at radius 1 is 0.357 bits per heavy atom. The SMILES string of the molecule is c1ccc(-c2nc(-c3ccccc3)nc(-c3cccc(-c4c(-c5cccc6c5sc5ccccc56)sc5c(-c6ccccc6)nc6ccccc6c45)c3)n2)cc1. The Balaban J connectivity index is 1.21. The van der Waals surface area contributed by atoms with Gasteiger partial charge in [0.1, 0.15) is 0 Å². The normalized spacial score (nSPS) is 11.6. The van der Waals surface area contributed by atoms with Crippen molar-refractivity contribution in [2.75, 3.05) is 0 Å². The summed E-state index contributed by atoms with van der Waals surface area (Å²) >= 11 is 3.70. The Bertz CT molecular complexity index is 3190. The molecule has 4 heterocycles. The zero-order chi connectivity index (χ0) is 37.0. The molecular formula is C50H30N4S2. The fraction of sp³-hybridized carbons (Fsp3) is 0. The minimum absolute atomic E-state index is 0.628. The third kappa shape index (κ3) is 5.50. The van der Waals surface area contributed by atoms with Crippen molar-refractivity contribution in [2.45, 2.75) is 0 Å². The van der Waals surface area contributed by atoms with E-state index in [9.17, 15) is 0 Å². The molecule has 0 aliphatic heterocycles. The van der Waals surface area contributed by atoms with Crippen LogP contribution < -0.4 is 0 Å². The lowest BCUT2D eigenvalue weighted by atomic mass is 9.94. The van der Waals surface area contributed by atoms with Gasteiger partial charge in [-0.25, -0.2) is 19.9 Å². The summed E-state index contributed by atoms with van der Waals surface area (Å²) in [5, 5.41) is 4.90. The fourth-order valence-corrected chi connectivity index (χ4v) is 10.4. The third-order valence-corrected chi connectivity index (χ3v) is 12.8. The first-order chi connectivity index (χ1) is 27.8. The summed E-state index contributed by atoms with van der Waals surface area (Å²) in [5.41, 5.74) is 9.39. The van der Waals surface area contributed by atoms with Gasteiger partial charge in [-0.3, -0.25) is 0 Å². The van der Waals surface area contributed by atoms with Crippen molar-refractivity contribution in [3.63, 3.8) is 0 Å². The van der Waals surface area contributed by atoms with Crippen molar-refractivity contribution in [3.05, 3.63) is 182 Å². The van der Waals surface area contributed by atoms with Crippen LogP contribution in [0.2, 0.25) is 0 Å². The number of thiophene rings is 2. The molecule has 4 nitrogen and oxygen atoms in total. The lowest BCUT2D eigenvalue weighted by Gasteiger charge is -2.12. The highest BCUT2D eigenvalue weighted by atomic mass is 32.1. The first-order valence-electron chi connectivity index (χ1n) is 18.6. The summed E-state index contributed by atoms with van der Waals surface area (Å²) in [6.45, 7) is 0. The highest BCUT2D eigenvalue weighted by Crippen LogP contribution is 2.52. The lowest BCUT2D eigenvalue weighted by molar-refractivity contribution is 1.07. The molecule has 262 valence electrons. The molecule has 7 aromatic carbocycles. The van der Waals surface area contributed by atoms with Crippen LogP contribution in [0.5, 0.6) is 0 Å². The van der Waals surface area contributed by atoms with E-state index in [1.807, 2.05) is 83.3 Å². The molecule has 4 aromatic heterocycles. The topological polar surface area (TPSA) is 51.6 Å². The van der Waals surface area contributed by atoms with Gasteiger partial charge in [-0.2, -0.15) is 0 Å². The number of hydrogen-bond donors (Lipinski definition) is 0. The average Bonchev–Trinajstić information content (AvgIpc) is 3.87. The van der Waals surface area contributed by atoms with Gasteiger partial charge in [0.15, 0.2) is 17.5 Å². The summed E-state index contributed by atoms with van der Waals surface area (Å²) in [6, 6.07) is 63.6. The number of para-hydroxylation sites is 1. The van der Waals surface area contributed by atoms with Gasteiger partial charge in [-0.15, -0.1) is 22.7 Å². The minimum atomic E-state index is 0.628. The van der Waals surface area contributed by atoms with Gasteiger partial charge in [0.2, 0.25) is 0 Å². The number of fused-ring (bicyclic) bond motifs is 6. The van der Waals surface area contributed by atoms with Crippen LogP contribution in [0.3, 0.4) is 0 Å². The molecule has 0 aliphatic rings. The molecule has 0 spiro atoms. The van der Waals surface area contributed by atoms with E-state index in [2.05, 4.69) is 121 Å². The van der Waals surface area contributed by atoms with Crippen LogP contribution in [-0.4, -0.2) is 19.9 Å². The van der Waals surface area contributed by atoms with Crippen molar-refractivity contribution < 1.29 is 0 Å². The van der Waals surface area contributed by atoms with E-state index >= 15 is 0 Å². The Kier molecular flexibility index (Phi) is 7.83. The van der Waals surface area contributed by atoms with Crippen LogP contribution in [0, 0.1) is 0 Å². The molecule has 0 N–H and O–H groups in total. The van der Waals surface area contributed by atoms with Crippen LogP contribution in [-0.2, 0) is 0 Å². The van der Waals surface area contributed by atoms with E-state index in [-0.39, 0.29) is 0 Å². The molecule has 0 aliphatic carbocycles. The molecule has 0 radical (unpaired) electrons. The van der Waals surface area contributed by atoms with Gasteiger partial charge in [-0.05, 0) is 23.8 Å². The highest BCUT2D eigenvalue weighted by Gasteiger charge is 2.24. The number of benzene rings is 7. The summed E-state index contributed by atoms with van der Waals surface area (Å²) in [4.78, 5) is 21.7. The van der Waals surface area contributed by atoms with Crippen LogP contribution in [0.25, 0.3) is 108 Å². The van der Waals surface area contributed by atoms with Gasteiger partial charge in [0, 0.05) is 69.2 Å². The summed E-state index contributed by atoms with van der Waals surface area (Å²) in [6.07, 6.45) is 0. The molecule has 0 bridgehead atoms. The second-order valence-corrected chi connectivity index (χ2v) is 15.8. The van der Waals surface area contributed by atoms with E-state index in [0.29, 0.717) is 17.5 Å². The molecule has 56 heavy (non-hydrogen) atoms. The van der Waals surface area contributed by atoms with Crippen LogP contribution in [0.4, 0.5) is 0 Å². The standard InChI is InChI=1S/C50H30N4S2/c1-4-16-31(17-5-1)44-47-43(38-25-10-12-28-40(38)51-44)42(46(56-47)39-27-15-26-37-36-24-11-13-29-41(36)55-45(37)39)34-22-14-23-35(30-34)50-53-48(32-18-6-2-7-19-32)52-49(54-50)33-20-8-3-9-21-33/h1-30H. The second-order valence-electron chi connectivity index (χ2n) is 13.8. The predicted octanol–water partition coefficient (Wildman–Crippen LogP) is 14.0. The van der Waals surface area contributed by atoms with Crippen molar-refractivity contribution in [3.8, 4) is 67.0 Å². The summed E-state index contributed by atoms with van der Waals surface area (Å²) < 4.78 is 3.74. The second kappa shape index (κ2) is 13.5. The Hall–Kier alpha value is -6.86. The lowest BCUT2D eigenvalue weighted by Crippen LogP contribution is -2.00. The quantitative estimate of drug-likeness (QED) is 0.170. The van der Waals surface area contributed by atoms with Crippen LogP contribution in [0.1, 0.15) is 0 Å². The van der Waals surface area contributed by atoms with E-state index < -0.39 is 0 Å². The first-order valence-corrected chi connectivity index (χ1v) is 20.2. The minimum Gasteiger partial charge on any atom is -0.246 e. The molecule has 0 saturated carbocycles. The Morgan fingerprint density at radius 3 is 1.61 bits per heavy atom. The molecule has 11 rings (SSSR count). The van der Waals surface area contributed by atoms with Gasteiger partial charge in [-0.1, -0.05) is 164 Å². The maximum Gasteiger partial charge on any atom is 0.164 e. The monoisotopic (exact) mass is 750 g/mol. The third-order valence-electron chi connectivity index (χ3n) is 10.3. The van der Waals surface area contributed by atoms with Gasteiger partial charge in [0.25, 0.3) is 0 Å². The van der Waals surface area contributed by atoms with Crippen LogP contribution >= 0.6 is 22.7 Å². The average molecular weight is 751 g/mol. The highest BCUT2D eigenvalue weighted by molar-refractivity contribution is 7.27. The van der Waals surface area contributed by atoms with Crippen molar-refractivity contribution in [1.82, 2.24) is 19.9 Å². The maximum absolute atomic E-state index is 5.34. The molecular weight excluding hydrogens is 721 g/mol.